The molecule has 0 spiro atoms. The summed E-state index contributed by atoms with van der Waals surface area (Å²) >= 11 is 0. The van der Waals surface area contributed by atoms with Crippen LogP contribution in [0.3, 0.4) is 0 Å². The smallest absolute Gasteiger partial charge is 0.335 e. The van der Waals surface area contributed by atoms with Crippen molar-refractivity contribution in [3.8, 4) is 5.75 Å². The van der Waals surface area contributed by atoms with Crippen molar-refractivity contribution in [2.24, 2.45) is 0 Å². The second-order valence-electron chi connectivity index (χ2n) is 4.08. The average molecular weight is 264 g/mol. The van der Waals surface area contributed by atoms with E-state index in [1.807, 2.05) is 13.1 Å². The van der Waals surface area contributed by atoms with Crippen molar-refractivity contribution >= 4 is 5.97 Å². The number of ether oxygens (including phenoxy) is 1. The number of hydrogen-bond donors (Lipinski definition) is 1. The summed E-state index contributed by atoms with van der Waals surface area (Å²) in [5, 5.41) is 12.8. The summed E-state index contributed by atoms with van der Waals surface area (Å²) in [6, 6.07) is 3.56. The van der Waals surface area contributed by atoms with Crippen LogP contribution in [0.2, 0.25) is 0 Å². The summed E-state index contributed by atoms with van der Waals surface area (Å²) in [4.78, 5) is 10.6. The fraction of sp³-hybridized carbons (Fsp3) is 0.231. The summed E-state index contributed by atoms with van der Waals surface area (Å²) in [6.45, 7) is 2.67. The molecule has 1 heterocycles. The molecule has 2 aromatic rings. The molecule has 1 aromatic carbocycles. The molecule has 0 atom stereocenters. The van der Waals surface area contributed by atoms with Gasteiger partial charge >= 0.3 is 5.97 Å². The number of benzene rings is 1. The van der Waals surface area contributed by atoms with Crippen molar-refractivity contribution in [2.45, 2.75) is 13.5 Å². The molecule has 0 amide bonds. The number of carbonyl (C=O) groups is 1. The van der Waals surface area contributed by atoms with Gasteiger partial charge in [-0.1, -0.05) is 0 Å². The van der Waals surface area contributed by atoms with E-state index >= 15 is 0 Å². The second kappa shape index (κ2) is 5.51. The SMILES string of the molecule is Cc1cnn(CCOc2ccc(C(=O)O)cc2F)c1. The van der Waals surface area contributed by atoms with Crippen LogP contribution in [-0.4, -0.2) is 27.5 Å². The zero-order valence-corrected chi connectivity index (χ0v) is 10.3. The van der Waals surface area contributed by atoms with Gasteiger partial charge in [-0.3, -0.25) is 4.68 Å². The van der Waals surface area contributed by atoms with Gasteiger partial charge in [0, 0.05) is 6.20 Å². The third kappa shape index (κ3) is 3.31. The maximum absolute atomic E-state index is 13.5. The quantitative estimate of drug-likeness (QED) is 0.898. The number of aromatic carboxylic acids is 1. The molecule has 100 valence electrons. The normalized spacial score (nSPS) is 10.4. The summed E-state index contributed by atoms with van der Waals surface area (Å²) in [7, 11) is 0. The molecule has 0 radical (unpaired) electrons. The van der Waals surface area contributed by atoms with Crippen molar-refractivity contribution < 1.29 is 19.0 Å². The van der Waals surface area contributed by atoms with Crippen LogP contribution in [0, 0.1) is 12.7 Å². The molecular weight excluding hydrogens is 251 g/mol. The molecule has 5 nitrogen and oxygen atoms in total. The lowest BCUT2D eigenvalue weighted by atomic mass is 10.2. The molecule has 0 aliphatic heterocycles. The maximum atomic E-state index is 13.5. The topological polar surface area (TPSA) is 64.4 Å². The van der Waals surface area contributed by atoms with Crippen LogP contribution in [0.1, 0.15) is 15.9 Å². The van der Waals surface area contributed by atoms with Gasteiger partial charge in [0.25, 0.3) is 0 Å². The molecule has 0 bridgehead atoms. The van der Waals surface area contributed by atoms with Gasteiger partial charge in [0.15, 0.2) is 11.6 Å². The van der Waals surface area contributed by atoms with E-state index in [0.29, 0.717) is 6.54 Å². The van der Waals surface area contributed by atoms with Crippen molar-refractivity contribution in [2.75, 3.05) is 6.61 Å². The van der Waals surface area contributed by atoms with Crippen LogP contribution in [0.5, 0.6) is 5.75 Å². The first-order valence-corrected chi connectivity index (χ1v) is 5.71. The van der Waals surface area contributed by atoms with Crippen molar-refractivity contribution in [3.05, 3.63) is 47.5 Å². The number of nitrogens with zero attached hydrogens (tertiary/aromatic N) is 2. The number of halogens is 1. The van der Waals surface area contributed by atoms with Crippen LogP contribution < -0.4 is 4.74 Å². The molecule has 0 saturated heterocycles. The number of aryl methyl sites for hydroxylation is 1. The number of rotatable bonds is 5. The van der Waals surface area contributed by atoms with Gasteiger partial charge < -0.3 is 9.84 Å². The van der Waals surface area contributed by atoms with Crippen molar-refractivity contribution in [3.63, 3.8) is 0 Å². The van der Waals surface area contributed by atoms with Crippen molar-refractivity contribution in [1.29, 1.82) is 0 Å². The first kappa shape index (κ1) is 13.1. The average Bonchev–Trinajstić information content (AvgIpc) is 2.77. The third-order valence-corrected chi connectivity index (χ3v) is 2.52. The maximum Gasteiger partial charge on any atom is 0.335 e. The monoisotopic (exact) mass is 264 g/mol. The molecule has 19 heavy (non-hydrogen) atoms. The molecule has 1 N–H and O–H groups in total. The summed E-state index contributed by atoms with van der Waals surface area (Å²) in [6.07, 6.45) is 3.58. The molecule has 1 aromatic heterocycles. The largest absolute Gasteiger partial charge is 0.489 e. The summed E-state index contributed by atoms with van der Waals surface area (Å²) in [5.41, 5.74) is 0.935. The molecule has 6 heteroatoms. The Kier molecular flexibility index (Phi) is 3.79. The highest BCUT2D eigenvalue weighted by atomic mass is 19.1. The Balaban J connectivity index is 1.94. The highest BCUT2D eigenvalue weighted by molar-refractivity contribution is 5.87. The zero-order chi connectivity index (χ0) is 13.8. The lowest BCUT2D eigenvalue weighted by Crippen LogP contribution is -2.09. The minimum Gasteiger partial charge on any atom is -0.489 e. The molecule has 0 unspecified atom stereocenters. The number of aromatic nitrogens is 2. The van der Waals surface area contributed by atoms with Gasteiger partial charge in [-0.25, -0.2) is 9.18 Å². The Bertz CT molecular complexity index is 595. The van der Waals surface area contributed by atoms with E-state index < -0.39 is 11.8 Å². The van der Waals surface area contributed by atoms with Crippen LogP contribution in [0.25, 0.3) is 0 Å². The second-order valence-corrected chi connectivity index (χ2v) is 4.08. The fourth-order valence-corrected chi connectivity index (χ4v) is 1.59. The zero-order valence-electron chi connectivity index (χ0n) is 10.3. The van der Waals surface area contributed by atoms with Gasteiger partial charge in [0.2, 0.25) is 0 Å². The standard InChI is InChI=1S/C13H13FN2O3/c1-9-7-15-16(8-9)4-5-19-12-3-2-10(13(17)18)6-11(12)14/h2-3,6-8H,4-5H2,1H3,(H,17,18). The summed E-state index contributed by atoms with van der Waals surface area (Å²) < 4.78 is 20.5. The Hall–Kier alpha value is -2.37. The van der Waals surface area contributed by atoms with Crippen LogP contribution in [0.4, 0.5) is 4.39 Å². The van der Waals surface area contributed by atoms with E-state index in [0.717, 1.165) is 11.6 Å². The molecular formula is C13H13FN2O3. The summed E-state index contributed by atoms with van der Waals surface area (Å²) in [5.74, 6) is -1.82. The lowest BCUT2D eigenvalue weighted by Gasteiger charge is -2.07. The van der Waals surface area contributed by atoms with Gasteiger partial charge in [-0.15, -0.1) is 0 Å². The van der Waals surface area contributed by atoms with Gasteiger partial charge in [0.1, 0.15) is 6.61 Å². The molecule has 0 aliphatic rings. The van der Waals surface area contributed by atoms with E-state index in [9.17, 15) is 9.18 Å². The Morgan fingerprint density at radius 2 is 2.32 bits per heavy atom. The van der Waals surface area contributed by atoms with Gasteiger partial charge in [-0.2, -0.15) is 5.10 Å². The molecule has 0 fully saturated rings. The molecule has 0 aliphatic carbocycles. The highest BCUT2D eigenvalue weighted by Gasteiger charge is 2.09. The number of carboxylic acid groups (broad SMARTS) is 1. The first-order valence-electron chi connectivity index (χ1n) is 5.71. The predicted molar refractivity (Wildman–Crippen MR) is 65.8 cm³/mol. The van der Waals surface area contributed by atoms with Crippen LogP contribution >= 0.6 is 0 Å². The van der Waals surface area contributed by atoms with E-state index in [-0.39, 0.29) is 17.9 Å². The van der Waals surface area contributed by atoms with E-state index in [1.54, 1.807) is 10.9 Å². The minimum absolute atomic E-state index is 0.0360. The third-order valence-electron chi connectivity index (χ3n) is 2.52. The van der Waals surface area contributed by atoms with Gasteiger partial charge in [0.05, 0.1) is 18.3 Å². The predicted octanol–water partition coefficient (Wildman–Crippen LogP) is 2.11. The Morgan fingerprint density at radius 1 is 1.53 bits per heavy atom. The first-order chi connectivity index (χ1) is 9.06. The minimum atomic E-state index is -1.17. The Labute approximate surface area is 109 Å². The van der Waals surface area contributed by atoms with Gasteiger partial charge in [-0.05, 0) is 30.7 Å². The van der Waals surface area contributed by atoms with E-state index in [1.165, 1.54) is 12.1 Å². The number of carboxylic acids is 1. The van der Waals surface area contributed by atoms with E-state index in [4.69, 9.17) is 9.84 Å². The fourth-order valence-electron chi connectivity index (χ4n) is 1.59. The number of hydrogen-bond acceptors (Lipinski definition) is 3. The Morgan fingerprint density at radius 3 is 2.89 bits per heavy atom. The van der Waals surface area contributed by atoms with Crippen molar-refractivity contribution in [1.82, 2.24) is 9.78 Å². The van der Waals surface area contributed by atoms with E-state index in [2.05, 4.69) is 5.10 Å². The van der Waals surface area contributed by atoms with Crippen LogP contribution in [-0.2, 0) is 6.54 Å². The molecule has 0 saturated carbocycles. The molecule has 2 rings (SSSR count). The van der Waals surface area contributed by atoms with Crippen LogP contribution in [0.15, 0.2) is 30.6 Å². The lowest BCUT2D eigenvalue weighted by molar-refractivity contribution is 0.0696. The highest BCUT2D eigenvalue weighted by Crippen LogP contribution is 2.18.